The average Bonchev–Trinajstić information content (AvgIpc) is 2.94. The Morgan fingerprint density at radius 1 is 0.882 bits per heavy atom. The molecule has 2 aromatic carbocycles. The van der Waals surface area contributed by atoms with Gasteiger partial charge in [0.1, 0.15) is 0 Å². The van der Waals surface area contributed by atoms with Crippen molar-refractivity contribution >= 4 is 0 Å². The van der Waals surface area contributed by atoms with Crippen LogP contribution in [0, 0.1) is 6.92 Å². The average molecular weight is 220 g/mol. The van der Waals surface area contributed by atoms with Gasteiger partial charge in [-0.1, -0.05) is 30.3 Å². The largest absolute Gasteiger partial charge is 0.0619 e. The monoisotopic (exact) mass is 220 g/mol. The highest BCUT2D eigenvalue weighted by Crippen LogP contribution is 2.42. The Kier molecular flexibility index (Phi) is 1.80. The maximum atomic E-state index is 2.47. The predicted octanol–water partition coefficient (Wildman–Crippen LogP) is 4.05. The summed E-state index contributed by atoms with van der Waals surface area (Å²) in [5.74, 6) is 0. The molecule has 0 radical (unpaired) electrons. The first kappa shape index (κ1) is 9.47. The van der Waals surface area contributed by atoms with Gasteiger partial charge < -0.3 is 0 Å². The molecule has 0 aliphatic heterocycles. The minimum Gasteiger partial charge on any atom is -0.0619 e. The van der Waals surface area contributed by atoms with E-state index in [2.05, 4.69) is 37.3 Å². The summed E-state index contributed by atoms with van der Waals surface area (Å²) in [6.07, 6.45) is 5.07. The van der Waals surface area contributed by atoms with Gasteiger partial charge in [0.15, 0.2) is 0 Å². The van der Waals surface area contributed by atoms with Crippen LogP contribution in [0.5, 0.6) is 0 Å². The lowest BCUT2D eigenvalue weighted by Gasteiger charge is -2.11. The number of hydrogen-bond acceptors (Lipinski definition) is 0. The standard InChI is InChI=1S/C17H16/c1-11-14-8-4-6-12(14)10-17-15-7-3-2-5-13(15)9-16(11)17/h2-3,5,7,10H,4,6,8-9H2,1H3. The molecular weight excluding hydrogens is 204 g/mol. The van der Waals surface area contributed by atoms with Crippen LogP contribution >= 0.6 is 0 Å². The molecule has 4 rings (SSSR count). The summed E-state index contributed by atoms with van der Waals surface area (Å²) >= 11 is 0. The van der Waals surface area contributed by atoms with E-state index in [1.165, 1.54) is 36.0 Å². The second-order valence-electron chi connectivity index (χ2n) is 5.35. The van der Waals surface area contributed by atoms with E-state index in [0.29, 0.717) is 0 Å². The van der Waals surface area contributed by atoms with Crippen molar-refractivity contribution in [3.8, 4) is 11.1 Å². The molecule has 0 heterocycles. The molecule has 0 fully saturated rings. The molecule has 2 aliphatic carbocycles. The molecule has 0 nitrogen and oxygen atoms in total. The Bertz CT molecular complexity index is 620. The zero-order valence-corrected chi connectivity index (χ0v) is 10.2. The Labute approximate surface area is 102 Å². The number of aryl methyl sites for hydroxylation is 1. The van der Waals surface area contributed by atoms with Crippen LogP contribution in [0.3, 0.4) is 0 Å². The van der Waals surface area contributed by atoms with Gasteiger partial charge in [0.05, 0.1) is 0 Å². The quantitative estimate of drug-likeness (QED) is 0.536. The summed E-state index contributed by atoms with van der Waals surface area (Å²) in [7, 11) is 0. The van der Waals surface area contributed by atoms with Gasteiger partial charge in [-0.2, -0.15) is 0 Å². The normalized spacial score (nSPS) is 15.6. The summed E-state index contributed by atoms with van der Waals surface area (Å²) in [4.78, 5) is 0. The predicted molar refractivity (Wildman–Crippen MR) is 71.4 cm³/mol. The van der Waals surface area contributed by atoms with Crippen molar-refractivity contribution in [1.29, 1.82) is 0 Å². The van der Waals surface area contributed by atoms with Crippen molar-refractivity contribution in [1.82, 2.24) is 0 Å². The zero-order chi connectivity index (χ0) is 11.4. The maximum absolute atomic E-state index is 2.47. The van der Waals surface area contributed by atoms with E-state index in [9.17, 15) is 0 Å². The first-order valence-corrected chi connectivity index (χ1v) is 6.57. The van der Waals surface area contributed by atoms with Crippen LogP contribution in [0.1, 0.15) is 34.2 Å². The molecule has 0 atom stereocenters. The third-order valence-corrected chi connectivity index (χ3v) is 4.48. The molecule has 0 aromatic heterocycles. The Morgan fingerprint density at radius 3 is 2.71 bits per heavy atom. The van der Waals surface area contributed by atoms with Crippen LogP contribution in [0.2, 0.25) is 0 Å². The molecule has 2 aliphatic rings. The second kappa shape index (κ2) is 3.22. The molecule has 84 valence electrons. The molecule has 17 heavy (non-hydrogen) atoms. The molecule has 0 spiro atoms. The zero-order valence-electron chi connectivity index (χ0n) is 10.2. The van der Waals surface area contributed by atoms with E-state index < -0.39 is 0 Å². The lowest BCUT2D eigenvalue weighted by molar-refractivity contribution is 0.908. The third kappa shape index (κ3) is 1.18. The Morgan fingerprint density at radius 2 is 1.76 bits per heavy atom. The molecule has 2 aromatic rings. The van der Waals surface area contributed by atoms with Crippen LogP contribution < -0.4 is 0 Å². The van der Waals surface area contributed by atoms with Crippen molar-refractivity contribution in [2.75, 3.05) is 0 Å². The molecule has 0 amide bonds. The maximum Gasteiger partial charge on any atom is -0.00107 e. The summed E-state index contributed by atoms with van der Waals surface area (Å²) < 4.78 is 0. The summed E-state index contributed by atoms with van der Waals surface area (Å²) in [5.41, 5.74) is 10.9. The van der Waals surface area contributed by atoms with E-state index in [1.807, 2.05) is 0 Å². The third-order valence-electron chi connectivity index (χ3n) is 4.48. The van der Waals surface area contributed by atoms with Crippen molar-refractivity contribution < 1.29 is 0 Å². The van der Waals surface area contributed by atoms with Crippen molar-refractivity contribution in [2.45, 2.75) is 32.6 Å². The summed E-state index contributed by atoms with van der Waals surface area (Å²) in [6, 6.07) is 11.3. The van der Waals surface area contributed by atoms with Crippen molar-refractivity contribution in [3.63, 3.8) is 0 Å². The van der Waals surface area contributed by atoms with Crippen LogP contribution in [0.4, 0.5) is 0 Å². The van der Waals surface area contributed by atoms with Gasteiger partial charge in [-0.25, -0.2) is 0 Å². The van der Waals surface area contributed by atoms with Gasteiger partial charge in [-0.05, 0) is 71.6 Å². The summed E-state index contributed by atoms with van der Waals surface area (Å²) in [5, 5.41) is 0. The topological polar surface area (TPSA) is 0 Å². The van der Waals surface area contributed by atoms with Gasteiger partial charge >= 0.3 is 0 Å². The van der Waals surface area contributed by atoms with Gasteiger partial charge in [0.25, 0.3) is 0 Å². The Hall–Kier alpha value is -1.56. The fourth-order valence-corrected chi connectivity index (χ4v) is 3.60. The number of rotatable bonds is 0. The van der Waals surface area contributed by atoms with E-state index in [0.717, 1.165) is 6.42 Å². The molecule has 0 bridgehead atoms. The Balaban J connectivity index is 2.03. The number of fused-ring (bicyclic) bond motifs is 4. The van der Waals surface area contributed by atoms with E-state index in [4.69, 9.17) is 0 Å². The van der Waals surface area contributed by atoms with Crippen LogP contribution in [-0.2, 0) is 19.3 Å². The van der Waals surface area contributed by atoms with Crippen LogP contribution in [0.15, 0.2) is 30.3 Å². The van der Waals surface area contributed by atoms with Gasteiger partial charge in [0, 0.05) is 0 Å². The molecular formula is C17H16. The molecule has 0 unspecified atom stereocenters. The highest BCUT2D eigenvalue weighted by molar-refractivity contribution is 5.79. The molecule has 0 N–H and O–H groups in total. The van der Waals surface area contributed by atoms with E-state index >= 15 is 0 Å². The van der Waals surface area contributed by atoms with Crippen molar-refractivity contribution in [3.05, 3.63) is 58.1 Å². The summed E-state index contributed by atoms with van der Waals surface area (Å²) in [6.45, 7) is 2.33. The smallest absolute Gasteiger partial charge is 0.00107 e. The minimum absolute atomic E-state index is 1.14. The second-order valence-corrected chi connectivity index (χ2v) is 5.35. The van der Waals surface area contributed by atoms with E-state index in [1.54, 1.807) is 22.3 Å². The van der Waals surface area contributed by atoms with Gasteiger partial charge in [-0.3, -0.25) is 0 Å². The highest BCUT2D eigenvalue weighted by atomic mass is 14.3. The van der Waals surface area contributed by atoms with E-state index in [-0.39, 0.29) is 0 Å². The molecule has 0 saturated carbocycles. The van der Waals surface area contributed by atoms with Gasteiger partial charge in [0.2, 0.25) is 0 Å². The first-order valence-electron chi connectivity index (χ1n) is 6.57. The van der Waals surface area contributed by atoms with Crippen LogP contribution in [0.25, 0.3) is 11.1 Å². The molecule has 0 saturated heterocycles. The first-order chi connectivity index (χ1) is 8.34. The van der Waals surface area contributed by atoms with Gasteiger partial charge in [-0.15, -0.1) is 0 Å². The lowest BCUT2D eigenvalue weighted by Crippen LogP contribution is -1.94. The number of hydrogen-bond donors (Lipinski definition) is 0. The molecule has 0 heteroatoms. The number of benzene rings is 2. The fourth-order valence-electron chi connectivity index (χ4n) is 3.60. The lowest BCUT2D eigenvalue weighted by atomic mass is 9.94. The van der Waals surface area contributed by atoms with Crippen molar-refractivity contribution in [2.24, 2.45) is 0 Å². The highest BCUT2D eigenvalue weighted by Gasteiger charge is 2.24. The van der Waals surface area contributed by atoms with Crippen LogP contribution in [-0.4, -0.2) is 0 Å². The SMILES string of the molecule is Cc1c2c(cc3c1Cc1ccccc1-3)CCC2. The fraction of sp³-hybridized carbons (Fsp3) is 0.294. The minimum atomic E-state index is 1.14.